The highest BCUT2D eigenvalue weighted by molar-refractivity contribution is 6.14. The normalized spacial score (nSPS) is 13.2. The van der Waals surface area contributed by atoms with Gasteiger partial charge in [-0.05, 0) is 53.1 Å². The number of Topliss-reactive ketones (excluding diaryl/α,β-unsaturated/α-hetero) is 1. The Bertz CT molecular complexity index is 1470. The van der Waals surface area contributed by atoms with E-state index < -0.39 is 5.97 Å². The van der Waals surface area contributed by atoms with Crippen LogP contribution in [-0.4, -0.2) is 26.0 Å². The molecule has 1 heterocycles. The van der Waals surface area contributed by atoms with Gasteiger partial charge in [0.05, 0.1) is 25.3 Å². The molecule has 0 atom stereocenters. The van der Waals surface area contributed by atoms with Gasteiger partial charge in [-0.15, -0.1) is 0 Å². The van der Waals surface area contributed by atoms with Crippen LogP contribution in [-0.2, 0) is 0 Å². The molecule has 5 rings (SSSR count). The fourth-order valence-corrected chi connectivity index (χ4v) is 3.91. The van der Waals surface area contributed by atoms with Gasteiger partial charge >= 0.3 is 5.97 Å². The Hall–Kier alpha value is -4.84. The molecule has 0 saturated heterocycles. The van der Waals surface area contributed by atoms with Crippen LogP contribution in [0.4, 0.5) is 0 Å². The molecule has 0 saturated carbocycles. The average Bonchev–Trinajstić information content (AvgIpc) is 3.23. The van der Waals surface area contributed by atoms with Crippen molar-refractivity contribution in [3.63, 3.8) is 0 Å². The summed E-state index contributed by atoms with van der Waals surface area (Å²) in [4.78, 5) is 25.5. The third kappa shape index (κ3) is 4.57. The summed E-state index contributed by atoms with van der Waals surface area (Å²) < 4.78 is 21.8. The Balaban J connectivity index is 1.32. The lowest BCUT2D eigenvalue weighted by molar-refractivity contribution is 0.0734. The van der Waals surface area contributed by atoms with E-state index in [9.17, 15) is 9.59 Å². The van der Waals surface area contributed by atoms with Crippen molar-refractivity contribution in [2.45, 2.75) is 0 Å². The largest absolute Gasteiger partial charge is 0.493 e. The molecule has 1 aliphatic rings. The number of ketones is 1. The number of carbonyl (C=O) groups is 2. The number of methoxy groups -OCH3 is 2. The molecule has 0 unspecified atom stereocenters. The smallest absolute Gasteiger partial charge is 0.343 e. The van der Waals surface area contributed by atoms with Gasteiger partial charge < -0.3 is 18.9 Å². The first kappa shape index (κ1) is 22.9. The van der Waals surface area contributed by atoms with Crippen molar-refractivity contribution in [3.8, 4) is 34.1 Å². The number of hydrogen-bond acceptors (Lipinski definition) is 6. The molecule has 6 heteroatoms. The van der Waals surface area contributed by atoms with Crippen LogP contribution in [0.15, 0.2) is 96.8 Å². The number of allylic oxidation sites excluding steroid dienone is 1. The maximum Gasteiger partial charge on any atom is 0.343 e. The zero-order valence-electron chi connectivity index (χ0n) is 19.7. The summed E-state index contributed by atoms with van der Waals surface area (Å²) in [5, 5.41) is 0. The molecule has 1 aliphatic heterocycles. The number of hydrogen-bond donors (Lipinski definition) is 0. The summed E-state index contributed by atoms with van der Waals surface area (Å²) >= 11 is 0. The molecule has 0 spiro atoms. The van der Waals surface area contributed by atoms with Gasteiger partial charge in [-0.2, -0.15) is 0 Å². The molecule has 0 aromatic heterocycles. The molecule has 0 fully saturated rings. The van der Waals surface area contributed by atoms with Gasteiger partial charge in [0.1, 0.15) is 11.5 Å². The SMILES string of the molecule is COc1ccc(C(=O)Oc2ccc3c(c2)O/C(=C\c2ccc(-c4ccccc4)cc2)C3=O)cc1OC. The highest BCUT2D eigenvalue weighted by Gasteiger charge is 2.28. The Kier molecular flexibility index (Phi) is 6.24. The van der Waals surface area contributed by atoms with Gasteiger partial charge in [-0.25, -0.2) is 4.79 Å². The van der Waals surface area contributed by atoms with Gasteiger partial charge in [0, 0.05) is 6.07 Å². The molecule has 178 valence electrons. The fourth-order valence-electron chi connectivity index (χ4n) is 3.91. The van der Waals surface area contributed by atoms with Crippen LogP contribution >= 0.6 is 0 Å². The van der Waals surface area contributed by atoms with Gasteiger partial charge in [-0.3, -0.25) is 4.79 Å². The lowest BCUT2D eigenvalue weighted by Gasteiger charge is -2.10. The molecule has 0 amide bonds. The van der Waals surface area contributed by atoms with E-state index in [1.165, 1.54) is 20.3 Å². The van der Waals surface area contributed by atoms with Crippen LogP contribution in [0, 0.1) is 0 Å². The predicted octanol–water partition coefficient (Wildman–Crippen LogP) is 6.21. The minimum atomic E-state index is -0.575. The summed E-state index contributed by atoms with van der Waals surface area (Å²) in [6.45, 7) is 0. The predicted molar refractivity (Wildman–Crippen MR) is 136 cm³/mol. The molecule has 0 bridgehead atoms. The molecule has 0 N–H and O–H groups in total. The van der Waals surface area contributed by atoms with E-state index in [0.29, 0.717) is 28.4 Å². The standard InChI is InChI=1S/C30H22O6/c1-33-25-15-12-22(17-27(25)34-2)30(32)35-23-13-14-24-26(18-23)36-28(29(24)31)16-19-8-10-21(11-9-19)20-6-4-3-5-7-20/h3-18H,1-2H3/b28-16-. The highest BCUT2D eigenvalue weighted by atomic mass is 16.5. The Morgan fingerprint density at radius 3 is 2.22 bits per heavy atom. The average molecular weight is 479 g/mol. The van der Waals surface area contributed by atoms with Crippen LogP contribution in [0.3, 0.4) is 0 Å². The molecule has 4 aromatic rings. The van der Waals surface area contributed by atoms with Crippen molar-refractivity contribution >= 4 is 17.8 Å². The number of benzene rings is 4. The Morgan fingerprint density at radius 1 is 0.778 bits per heavy atom. The summed E-state index contributed by atoms with van der Waals surface area (Å²) in [5.41, 5.74) is 3.75. The lowest BCUT2D eigenvalue weighted by atomic mass is 10.0. The monoisotopic (exact) mass is 478 g/mol. The van der Waals surface area contributed by atoms with Crippen LogP contribution in [0.25, 0.3) is 17.2 Å². The van der Waals surface area contributed by atoms with Gasteiger partial charge in [0.25, 0.3) is 0 Å². The van der Waals surface area contributed by atoms with E-state index >= 15 is 0 Å². The summed E-state index contributed by atoms with van der Waals surface area (Å²) in [6.07, 6.45) is 1.70. The van der Waals surface area contributed by atoms with E-state index in [4.69, 9.17) is 18.9 Å². The fraction of sp³-hybridized carbons (Fsp3) is 0.0667. The van der Waals surface area contributed by atoms with Crippen molar-refractivity contribution in [3.05, 3.63) is 113 Å². The zero-order chi connectivity index (χ0) is 25.1. The van der Waals surface area contributed by atoms with Gasteiger partial charge in [0.15, 0.2) is 17.3 Å². The molecule has 0 radical (unpaired) electrons. The Morgan fingerprint density at radius 2 is 1.50 bits per heavy atom. The van der Waals surface area contributed by atoms with E-state index in [1.54, 1.807) is 36.4 Å². The second kappa shape index (κ2) is 9.80. The second-order valence-corrected chi connectivity index (χ2v) is 8.05. The highest BCUT2D eigenvalue weighted by Crippen LogP contribution is 2.35. The van der Waals surface area contributed by atoms with Crippen LogP contribution in [0.2, 0.25) is 0 Å². The topological polar surface area (TPSA) is 71.1 Å². The molecule has 0 aliphatic carbocycles. The first-order valence-electron chi connectivity index (χ1n) is 11.2. The molecule has 6 nitrogen and oxygen atoms in total. The number of esters is 1. The quantitative estimate of drug-likeness (QED) is 0.187. The van der Waals surface area contributed by atoms with E-state index in [2.05, 4.69) is 0 Å². The third-order valence-corrected chi connectivity index (χ3v) is 5.79. The first-order chi connectivity index (χ1) is 17.6. The summed E-state index contributed by atoms with van der Waals surface area (Å²) in [5.74, 6) is 0.929. The maximum absolute atomic E-state index is 12.8. The molecule has 4 aromatic carbocycles. The zero-order valence-corrected chi connectivity index (χ0v) is 19.7. The van der Waals surface area contributed by atoms with Gasteiger partial charge in [-0.1, -0.05) is 54.6 Å². The molecular weight excluding hydrogens is 456 g/mol. The third-order valence-electron chi connectivity index (χ3n) is 5.79. The van der Waals surface area contributed by atoms with Crippen LogP contribution < -0.4 is 18.9 Å². The maximum atomic E-state index is 12.8. The van der Waals surface area contributed by atoms with Crippen molar-refractivity contribution in [2.24, 2.45) is 0 Å². The second-order valence-electron chi connectivity index (χ2n) is 8.05. The first-order valence-corrected chi connectivity index (χ1v) is 11.2. The summed E-state index contributed by atoms with van der Waals surface area (Å²) in [6, 6.07) is 27.4. The van der Waals surface area contributed by atoms with Crippen LogP contribution in [0.5, 0.6) is 23.0 Å². The number of fused-ring (bicyclic) bond motifs is 1. The van der Waals surface area contributed by atoms with Crippen molar-refractivity contribution in [1.29, 1.82) is 0 Å². The van der Waals surface area contributed by atoms with E-state index in [0.717, 1.165) is 16.7 Å². The summed E-state index contributed by atoms with van der Waals surface area (Å²) in [7, 11) is 3.01. The van der Waals surface area contributed by atoms with Crippen LogP contribution in [0.1, 0.15) is 26.3 Å². The van der Waals surface area contributed by atoms with Crippen molar-refractivity contribution in [2.75, 3.05) is 14.2 Å². The molecular formula is C30H22O6. The number of ether oxygens (including phenoxy) is 4. The Labute approximate surface area is 208 Å². The number of rotatable bonds is 6. The molecule has 36 heavy (non-hydrogen) atoms. The lowest BCUT2D eigenvalue weighted by Crippen LogP contribution is -2.09. The van der Waals surface area contributed by atoms with E-state index in [-0.39, 0.29) is 17.3 Å². The minimum Gasteiger partial charge on any atom is -0.493 e. The minimum absolute atomic E-state index is 0.209. The number of carbonyl (C=O) groups excluding carboxylic acids is 2. The van der Waals surface area contributed by atoms with E-state index in [1.807, 2.05) is 54.6 Å². The van der Waals surface area contributed by atoms with Crippen molar-refractivity contribution in [1.82, 2.24) is 0 Å². The van der Waals surface area contributed by atoms with Crippen molar-refractivity contribution < 1.29 is 28.5 Å². The van der Waals surface area contributed by atoms with Gasteiger partial charge in [0.2, 0.25) is 5.78 Å².